The molecule has 3 rings (SSSR count). The third-order valence-electron chi connectivity index (χ3n) is 3.75. The monoisotopic (exact) mass is 321 g/mol. The summed E-state index contributed by atoms with van der Waals surface area (Å²) in [7, 11) is 0. The molecule has 1 heterocycles. The van der Waals surface area contributed by atoms with E-state index >= 15 is 0 Å². The first kappa shape index (κ1) is 15.9. The molecule has 0 aliphatic heterocycles. The normalized spacial score (nSPS) is 10.6. The lowest BCUT2D eigenvalue weighted by Gasteiger charge is -2.06. The fourth-order valence-corrected chi connectivity index (χ4v) is 2.44. The number of benzene rings is 2. The molecular formula is C19H19N3O2. The van der Waals surface area contributed by atoms with Gasteiger partial charge < -0.3 is 9.84 Å². The van der Waals surface area contributed by atoms with Crippen LogP contribution in [0.5, 0.6) is 0 Å². The summed E-state index contributed by atoms with van der Waals surface area (Å²) in [5, 5.41) is 6.75. The molecule has 0 aliphatic carbocycles. The van der Waals surface area contributed by atoms with Crippen LogP contribution in [-0.4, -0.2) is 16.0 Å². The zero-order chi connectivity index (χ0) is 16.9. The van der Waals surface area contributed by atoms with Crippen molar-refractivity contribution < 1.29 is 9.32 Å². The van der Waals surface area contributed by atoms with Crippen LogP contribution in [0.1, 0.15) is 38.8 Å². The van der Waals surface area contributed by atoms with Crippen LogP contribution in [0, 0.1) is 13.8 Å². The molecule has 0 radical (unpaired) electrons. The number of hydrogen-bond donors (Lipinski definition) is 1. The SMILES string of the molecule is Cc1ccc(C)c(C(=O)NCc2noc(Cc3ccccc3)n2)c1. The Hall–Kier alpha value is -2.95. The van der Waals surface area contributed by atoms with E-state index in [4.69, 9.17) is 4.52 Å². The van der Waals surface area contributed by atoms with E-state index in [9.17, 15) is 4.79 Å². The second-order valence-electron chi connectivity index (χ2n) is 5.77. The average Bonchev–Trinajstić information content (AvgIpc) is 3.03. The Morgan fingerprint density at radius 1 is 1.12 bits per heavy atom. The molecule has 5 heteroatoms. The smallest absolute Gasteiger partial charge is 0.251 e. The number of aryl methyl sites for hydroxylation is 2. The molecule has 1 N–H and O–H groups in total. The van der Waals surface area contributed by atoms with Gasteiger partial charge in [-0.1, -0.05) is 53.2 Å². The minimum Gasteiger partial charge on any atom is -0.345 e. The van der Waals surface area contributed by atoms with Gasteiger partial charge in [-0.2, -0.15) is 4.98 Å². The summed E-state index contributed by atoms with van der Waals surface area (Å²) in [6, 6.07) is 15.7. The first-order valence-electron chi connectivity index (χ1n) is 7.82. The first-order chi connectivity index (χ1) is 11.6. The van der Waals surface area contributed by atoms with Gasteiger partial charge in [0.25, 0.3) is 5.91 Å². The quantitative estimate of drug-likeness (QED) is 0.783. The molecule has 0 saturated heterocycles. The number of nitrogens with zero attached hydrogens (tertiary/aromatic N) is 2. The van der Waals surface area contributed by atoms with E-state index in [1.807, 2.05) is 62.4 Å². The van der Waals surface area contributed by atoms with Crippen LogP contribution in [0.15, 0.2) is 53.1 Å². The van der Waals surface area contributed by atoms with Crippen LogP contribution in [0.3, 0.4) is 0 Å². The Morgan fingerprint density at radius 3 is 2.71 bits per heavy atom. The topological polar surface area (TPSA) is 68.0 Å². The number of hydrogen-bond acceptors (Lipinski definition) is 4. The van der Waals surface area contributed by atoms with Gasteiger partial charge in [-0.25, -0.2) is 0 Å². The molecule has 0 bridgehead atoms. The van der Waals surface area contributed by atoms with Gasteiger partial charge in [0.2, 0.25) is 5.89 Å². The molecule has 5 nitrogen and oxygen atoms in total. The first-order valence-corrected chi connectivity index (χ1v) is 7.82. The summed E-state index contributed by atoms with van der Waals surface area (Å²) >= 11 is 0. The zero-order valence-corrected chi connectivity index (χ0v) is 13.7. The molecule has 0 spiro atoms. The Morgan fingerprint density at radius 2 is 1.92 bits per heavy atom. The average molecular weight is 321 g/mol. The molecule has 24 heavy (non-hydrogen) atoms. The highest BCUT2D eigenvalue weighted by Crippen LogP contribution is 2.11. The van der Waals surface area contributed by atoms with Crippen molar-refractivity contribution in [3.8, 4) is 0 Å². The van der Waals surface area contributed by atoms with Gasteiger partial charge in [-0.05, 0) is 31.0 Å². The van der Waals surface area contributed by atoms with Gasteiger partial charge >= 0.3 is 0 Å². The zero-order valence-electron chi connectivity index (χ0n) is 13.7. The van der Waals surface area contributed by atoms with Crippen LogP contribution < -0.4 is 5.32 Å². The Labute approximate surface area is 140 Å². The van der Waals surface area contributed by atoms with Crippen LogP contribution in [0.25, 0.3) is 0 Å². The summed E-state index contributed by atoms with van der Waals surface area (Å²) in [4.78, 5) is 16.6. The van der Waals surface area contributed by atoms with Crippen LogP contribution in [0.4, 0.5) is 0 Å². The fourth-order valence-electron chi connectivity index (χ4n) is 2.44. The number of aromatic nitrogens is 2. The Bertz CT molecular complexity index is 841. The molecule has 1 aromatic heterocycles. The molecular weight excluding hydrogens is 302 g/mol. The molecule has 1 amide bonds. The van der Waals surface area contributed by atoms with Gasteiger partial charge in [-0.3, -0.25) is 4.79 Å². The van der Waals surface area contributed by atoms with E-state index in [0.29, 0.717) is 23.7 Å². The summed E-state index contributed by atoms with van der Waals surface area (Å²) < 4.78 is 5.24. The fraction of sp³-hybridized carbons (Fsp3) is 0.211. The molecule has 0 unspecified atom stereocenters. The van der Waals surface area contributed by atoms with Crippen molar-refractivity contribution in [2.24, 2.45) is 0 Å². The predicted octanol–water partition coefficient (Wildman–Crippen LogP) is 3.21. The van der Waals surface area contributed by atoms with Crippen LogP contribution in [-0.2, 0) is 13.0 Å². The highest BCUT2D eigenvalue weighted by atomic mass is 16.5. The number of carbonyl (C=O) groups is 1. The van der Waals surface area contributed by atoms with Gasteiger partial charge in [0, 0.05) is 5.56 Å². The van der Waals surface area contributed by atoms with Crippen LogP contribution in [0.2, 0.25) is 0 Å². The number of carbonyl (C=O) groups excluding carboxylic acids is 1. The second-order valence-corrected chi connectivity index (χ2v) is 5.77. The maximum absolute atomic E-state index is 12.3. The van der Waals surface area contributed by atoms with Crippen molar-refractivity contribution in [3.05, 3.63) is 82.5 Å². The highest BCUT2D eigenvalue weighted by molar-refractivity contribution is 5.95. The maximum atomic E-state index is 12.3. The van der Waals surface area contributed by atoms with Crippen molar-refractivity contribution in [3.63, 3.8) is 0 Å². The summed E-state index contributed by atoms with van der Waals surface area (Å²) in [5.74, 6) is 0.877. The van der Waals surface area contributed by atoms with Crippen molar-refractivity contribution in [2.45, 2.75) is 26.8 Å². The number of amides is 1. The van der Waals surface area contributed by atoms with E-state index in [-0.39, 0.29) is 12.5 Å². The maximum Gasteiger partial charge on any atom is 0.251 e. The second kappa shape index (κ2) is 7.08. The Balaban J connectivity index is 1.61. The van der Waals surface area contributed by atoms with Gasteiger partial charge in [0.05, 0.1) is 13.0 Å². The number of rotatable bonds is 5. The van der Waals surface area contributed by atoms with Gasteiger partial charge in [-0.15, -0.1) is 0 Å². The van der Waals surface area contributed by atoms with Crippen molar-refractivity contribution in [2.75, 3.05) is 0 Å². The third-order valence-corrected chi connectivity index (χ3v) is 3.75. The lowest BCUT2D eigenvalue weighted by atomic mass is 10.1. The molecule has 0 fully saturated rings. The molecule has 0 atom stereocenters. The van der Waals surface area contributed by atoms with Gasteiger partial charge in [0.1, 0.15) is 0 Å². The summed E-state index contributed by atoms with van der Waals surface area (Å²) in [6.45, 7) is 4.12. The largest absolute Gasteiger partial charge is 0.345 e. The Kier molecular flexibility index (Phi) is 4.70. The lowest BCUT2D eigenvalue weighted by molar-refractivity contribution is 0.0949. The van der Waals surface area contributed by atoms with E-state index in [1.165, 1.54) is 0 Å². The summed E-state index contributed by atoms with van der Waals surface area (Å²) in [6.07, 6.45) is 0.582. The van der Waals surface area contributed by atoms with Crippen LogP contribution >= 0.6 is 0 Å². The van der Waals surface area contributed by atoms with Crippen molar-refractivity contribution in [1.29, 1.82) is 0 Å². The number of nitrogens with one attached hydrogen (secondary N) is 1. The molecule has 0 saturated carbocycles. The third kappa shape index (κ3) is 3.87. The van der Waals surface area contributed by atoms with E-state index < -0.39 is 0 Å². The van der Waals surface area contributed by atoms with E-state index in [1.54, 1.807) is 0 Å². The van der Waals surface area contributed by atoms with E-state index in [2.05, 4.69) is 15.5 Å². The van der Waals surface area contributed by atoms with E-state index in [0.717, 1.165) is 16.7 Å². The predicted molar refractivity (Wildman–Crippen MR) is 90.6 cm³/mol. The molecule has 2 aromatic carbocycles. The molecule has 3 aromatic rings. The highest BCUT2D eigenvalue weighted by Gasteiger charge is 2.12. The van der Waals surface area contributed by atoms with Crippen molar-refractivity contribution >= 4 is 5.91 Å². The molecule has 122 valence electrons. The van der Waals surface area contributed by atoms with Crippen molar-refractivity contribution in [1.82, 2.24) is 15.5 Å². The minimum absolute atomic E-state index is 0.134. The summed E-state index contributed by atoms with van der Waals surface area (Å²) in [5.41, 5.74) is 3.77. The lowest BCUT2D eigenvalue weighted by Crippen LogP contribution is -2.24. The minimum atomic E-state index is -0.134. The standard InChI is InChI=1S/C19H19N3O2/c1-13-8-9-14(2)16(10-13)19(23)20-12-17-21-18(24-22-17)11-15-6-4-3-5-7-15/h3-10H,11-12H2,1-2H3,(H,20,23). The molecule has 0 aliphatic rings. The van der Waals surface area contributed by atoms with Gasteiger partial charge in [0.15, 0.2) is 5.82 Å².